The summed E-state index contributed by atoms with van der Waals surface area (Å²) in [4.78, 5) is 21.1. The lowest BCUT2D eigenvalue weighted by atomic mass is 9.76. The Morgan fingerprint density at radius 2 is 1.59 bits per heavy atom. The quantitative estimate of drug-likeness (QED) is 0.496. The van der Waals surface area contributed by atoms with E-state index >= 15 is 0 Å². The van der Waals surface area contributed by atoms with E-state index in [2.05, 4.69) is 57.2 Å². The molecule has 2 aromatic rings. The van der Waals surface area contributed by atoms with Crippen LogP contribution in [0.5, 0.6) is 5.75 Å². The first-order valence-corrected chi connectivity index (χ1v) is 15.1. The molecule has 4 aliphatic heterocycles. The van der Waals surface area contributed by atoms with Crippen molar-refractivity contribution in [3.8, 4) is 5.75 Å². The zero-order valence-electron chi connectivity index (χ0n) is 23.6. The maximum Gasteiger partial charge on any atom is 0.229 e. The fourth-order valence-corrected chi connectivity index (χ4v) is 7.62. The zero-order chi connectivity index (χ0) is 26.7. The van der Waals surface area contributed by atoms with Crippen LogP contribution in [0.25, 0.3) is 0 Å². The van der Waals surface area contributed by atoms with Gasteiger partial charge in [-0.1, -0.05) is 42.5 Å². The van der Waals surface area contributed by atoms with Crippen LogP contribution in [0.2, 0.25) is 0 Å². The minimum absolute atomic E-state index is 0.146. The van der Waals surface area contributed by atoms with Gasteiger partial charge in [0.05, 0.1) is 12.5 Å². The van der Waals surface area contributed by atoms with Gasteiger partial charge in [-0.3, -0.25) is 4.79 Å². The third-order valence-electron chi connectivity index (χ3n) is 10.0. The second kappa shape index (κ2) is 12.0. The van der Waals surface area contributed by atoms with E-state index in [1.807, 2.05) is 12.1 Å². The number of carbonyl (C=O) groups excluding carboxylic acids is 1. The normalized spacial score (nSPS) is 26.5. The van der Waals surface area contributed by atoms with Crippen molar-refractivity contribution < 1.29 is 14.3 Å². The standard InChI is InChI=1S/C33H45N3O3/c1-38-30-9-7-26(8-10-30)22-36-18-15-33(32(36)37)13-16-34(17-14-33)23-29-24-35(21-27-11-19-39-20-12-27)25-31(29)28-5-3-2-4-6-28/h2-10,27,29,31H,11-25H2,1H3/t29-,31+/m0/s1. The Kier molecular flexibility index (Phi) is 8.24. The highest BCUT2D eigenvalue weighted by Crippen LogP contribution is 2.43. The highest BCUT2D eigenvalue weighted by molar-refractivity contribution is 5.85. The van der Waals surface area contributed by atoms with E-state index in [0.717, 1.165) is 70.3 Å². The van der Waals surface area contributed by atoms with Gasteiger partial charge in [-0.05, 0) is 80.3 Å². The Morgan fingerprint density at radius 1 is 0.872 bits per heavy atom. The Bertz CT molecular complexity index is 1080. The number of amides is 1. The molecule has 4 heterocycles. The average molecular weight is 532 g/mol. The summed E-state index contributed by atoms with van der Waals surface area (Å²) in [6.07, 6.45) is 5.41. The maximum absolute atomic E-state index is 13.6. The summed E-state index contributed by atoms with van der Waals surface area (Å²) in [5, 5.41) is 0. The van der Waals surface area contributed by atoms with Gasteiger partial charge < -0.3 is 24.2 Å². The van der Waals surface area contributed by atoms with Crippen molar-refractivity contribution in [2.45, 2.75) is 44.6 Å². The van der Waals surface area contributed by atoms with Crippen LogP contribution >= 0.6 is 0 Å². The third kappa shape index (κ3) is 6.03. The number of carbonyl (C=O) groups is 1. The number of piperidine rings is 1. The molecule has 2 aromatic carbocycles. The van der Waals surface area contributed by atoms with Gasteiger partial charge in [-0.25, -0.2) is 0 Å². The summed E-state index contributed by atoms with van der Waals surface area (Å²) in [6, 6.07) is 19.3. The smallest absolute Gasteiger partial charge is 0.229 e. The summed E-state index contributed by atoms with van der Waals surface area (Å²) in [5.41, 5.74) is 2.52. The van der Waals surface area contributed by atoms with Crippen LogP contribution in [-0.2, 0) is 16.1 Å². The molecule has 0 unspecified atom stereocenters. The van der Waals surface area contributed by atoms with Crippen LogP contribution in [0.4, 0.5) is 0 Å². The monoisotopic (exact) mass is 531 g/mol. The highest BCUT2D eigenvalue weighted by atomic mass is 16.5. The van der Waals surface area contributed by atoms with Crippen LogP contribution < -0.4 is 4.74 Å². The lowest BCUT2D eigenvalue weighted by Crippen LogP contribution is -2.46. The van der Waals surface area contributed by atoms with Crippen LogP contribution in [0.3, 0.4) is 0 Å². The molecule has 210 valence electrons. The van der Waals surface area contributed by atoms with Crippen LogP contribution in [0.15, 0.2) is 54.6 Å². The molecule has 0 aromatic heterocycles. The van der Waals surface area contributed by atoms with E-state index in [1.54, 1.807) is 7.11 Å². The molecule has 0 radical (unpaired) electrons. The Morgan fingerprint density at radius 3 is 2.31 bits per heavy atom. The number of likely N-dealkylation sites (tertiary alicyclic amines) is 3. The minimum Gasteiger partial charge on any atom is -0.497 e. The molecule has 4 aliphatic rings. The SMILES string of the molecule is COc1ccc(CN2CCC3(CCN(C[C@H]4CN(CC5CCOCC5)C[C@@H]4c4ccccc4)CC3)C2=O)cc1. The number of benzene rings is 2. The molecule has 1 amide bonds. The number of nitrogens with zero attached hydrogens (tertiary/aromatic N) is 3. The molecule has 6 rings (SSSR count). The first kappa shape index (κ1) is 26.8. The lowest BCUT2D eigenvalue weighted by molar-refractivity contribution is -0.139. The molecule has 6 heteroatoms. The molecule has 39 heavy (non-hydrogen) atoms. The van der Waals surface area contributed by atoms with Crippen molar-refractivity contribution in [2.24, 2.45) is 17.3 Å². The molecule has 0 saturated carbocycles. The molecule has 0 N–H and O–H groups in total. The van der Waals surface area contributed by atoms with Gasteiger partial charge in [0.1, 0.15) is 5.75 Å². The second-order valence-electron chi connectivity index (χ2n) is 12.5. The molecule has 4 saturated heterocycles. The zero-order valence-corrected chi connectivity index (χ0v) is 23.6. The molecular formula is C33H45N3O3. The summed E-state index contributed by atoms with van der Waals surface area (Å²) in [7, 11) is 1.69. The average Bonchev–Trinajstić information content (AvgIpc) is 3.51. The molecule has 4 fully saturated rings. The van der Waals surface area contributed by atoms with Gasteiger partial charge in [0.15, 0.2) is 0 Å². The largest absolute Gasteiger partial charge is 0.497 e. The van der Waals surface area contributed by atoms with E-state index in [9.17, 15) is 4.79 Å². The van der Waals surface area contributed by atoms with Crippen molar-refractivity contribution in [3.05, 3.63) is 65.7 Å². The van der Waals surface area contributed by atoms with Crippen LogP contribution in [-0.4, -0.2) is 86.7 Å². The van der Waals surface area contributed by atoms with Gasteiger partial charge in [-0.15, -0.1) is 0 Å². The van der Waals surface area contributed by atoms with Gasteiger partial charge in [0, 0.05) is 58.4 Å². The number of ether oxygens (including phenoxy) is 2. The molecule has 0 aliphatic carbocycles. The topological polar surface area (TPSA) is 45.2 Å². The number of hydrogen-bond donors (Lipinski definition) is 0. The maximum atomic E-state index is 13.6. The first-order valence-electron chi connectivity index (χ1n) is 15.1. The predicted molar refractivity (Wildman–Crippen MR) is 154 cm³/mol. The van der Waals surface area contributed by atoms with E-state index in [-0.39, 0.29) is 5.41 Å². The van der Waals surface area contributed by atoms with Crippen molar-refractivity contribution in [3.63, 3.8) is 0 Å². The van der Waals surface area contributed by atoms with Gasteiger partial charge in [-0.2, -0.15) is 0 Å². The molecule has 2 atom stereocenters. The van der Waals surface area contributed by atoms with Crippen LogP contribution in [0, 0.1) is 17.3 Å². The van der Waals surface area contributed by atoms with Crippen molar-refractivity contribution in [1.82, 2.24) is 14.7 Å². The predicted octanol–water partition coefficient (Wildman–Crippen LogP) is 4.65. The van der Waals surface area contributed by atoms with E-state index in [4.69, 9.17) is 9.47 Å². The summed E-state index contributed by atoms with van der Waals surface area (Å²) < 4.78 is 10.9. The molecule has 6 nitrogen and oxygen atoms in total. The second-order valence-corrected chi connectivity index (χ2v) is 12.5. The molecular weight excluding hydrogens is 486 g/mol. The van der Waals surface area contributed by atoms with E-state index in [1.165, 1.54) is 43.6 Å². The molecule has 0 bridgehead atoms. The Labute approximate surface area is 234 Å². The third-order valence-corrected chi connectivity index (χ3v) is 10.0. The first-order chi connectivity index (χ1) is 19.1. The van der Waals surface area contributed by atoms with Gasteiger partial charge in [0.25, 0.3) is 0 Å². The minimum atomic E-state index is -0.146. The highest BCUT2D eigenvalue weighted by Gasteiger charge is 2.48. The number of hydrogen-bond acceptors (Lipinski definition) is 5. The van der Waals surface area contributed by atoms with Crippen LogP contribution in [0.1, 0.15) is 49.1 Å². The lowest BCUT2D eigenvalue weighted by Gasteiger charge is -2.39. The Balaban J connectivity index is 1.05. The van der Waals surface area contributed by atoms with Crippen molar-refractivity contribution >= 4 is 5.91 Å². The van der Waals surface area contributed by atoms with Crippen molar-refractivity contribution in [1.29, 1.82) is 0 Å². The van der Waals surface area contributed by atoms with E-state index < -0.39 is 0 Å². The van der Waals surface area contributed by atoms with E-state index in [0.29, 0.717) is 24.3 Å². The fourth-order valence-electron chi connectivity index (χ4n) is 7.62. The fraction of sp³-hybridized carbons (Fsp3) is 0.606. The van der Waals surface area contributed by atoms with Gasteiger partial charge in [0.2, 0.25) is 5.91 Å². The Hall–Kier alpha value is -2.41. The number of rotatable bonds is 8. The molecule has 1 spiro atoms. The number of methoxy groups -OCH3 is 1. The summed E-state index contributed by atoms with van der Waals surface area (Å²) >= 11 is 0. The van der Waals surface area contributed by atoms with Gasteiger partial charge >= 0.3 is 0 Å². The van der Waals surface area contributed by atoms with Crippen molar-refractivity contribution in [2.75, 3.05) is 66.1 Å². The summed E-state index contributed by atoms with van der Waals surface area (Å²) in [6.45, 7) is 10.2. The summed E-state index contributed by atoms with van der Waals surface area (Å²) in [5.74, 6) is 3.25.